The molecule has 42 heavy (non-hydrogen) atoms. The van der Waals surface area contributed by atoms with Crippen molar-refractivity contribution < 1.29 is 31.5 Å². The van der Waals surface area contributed by atoms with Crippen LogP contribution >= 0.6 is 15.9 Å². The SMILES string of the molecule is CCC[C@@H]1CC(=O)C2=C(C1)N=C(C)C(C#N)[C@H]2c1cc(Br)c(OCc2cc(F)c(F)cc2NS(C)(=O)=O)c(OCC)c1. The number of nitrogens with zero attached hydrogens (tertiary/aromatic N) is 2. The topological polar surface area (TPSA) is 118 Å². The van der Waals surface area contributed by atoms with Gasteiger partial charge in [-0.1, -0.05) is 13.3 Å². The average Bonchev–Trinajstić information content (AvgIpc) is 2.89. The lowest BCUT2D eigenvalue weighted by Gasteiger charge is -2.35. The van der Waals surface area contributed by atoms with E-state index in [0.717, 1.165) is 36.9 Å². The molecule has 0 bridgehead atoms. The molecular weight excluding hydrogens is 632 g/mol. The zero-order valence-corrected chi connectivity index (χ0v) is 26.2. The van der Waals surface area contributed by atoms with Crippen molar-refractivity contribution >= 4 is 43.1 Å². The van der Waals surface area contributed by atoms with Crippen molar-refractivity contribution in [3.05, 3.63) is 62.8 Å². The highest BCUT2D eigenvalue weighted by Gasteiger charge is 2.41. The van der Waals surface area contributed by atoms with E-state index in [1.54, 1.807) is 26.0 Å². The number of hydrogen-bond donors (Lipinski definition) is 1. The molecule has 1 aliphatic heterocycles. The number of anilines is 1. The van der Waals surface area contributed by atoms with E-state index in [0.29, 0.717) is 39.9 Å². The molecule has 2 aromatic carbocycles. The predicted octanol–water partition coefficient (Wildman–Crippen LogP) is 6.81. The Morgan fingerprint density at radius 1 is 1.14 bits per heavy atom. The van der Waals surface area contributed by atoms with Crippen LogP contribution in [0.5, 0.6) is 11.5 Å². The molecule has 0 fully saturated rings. The van der Waals surface area contributed by atoms with Gasteiger partial charge in [-0.3, -0.25) is 14.5 Å². The predicted molar refractivity (Wildman–Crippen MR) is 159 cm³/mol. The lowest BCUT2D eigenvalue weighted by molar-refractivity contribution is -0.117. The molecule has 0 amide bonds. The molecule has 4 rings (SSSR count). The highest BCUT2D eigenvalue weighted by Crippen LogP contribution is 2.48. The number of halogens is 3. The number of ether oxygens (including phenoxy) is 2. The molecule has 0 spiro atoms. The number of carbonyl (C=O) groups excluding carboxylic acids is 1. The molecular formula is C30H32BrF2N3O5S. The van der Waals surface area contributed by atoms with E-state index in [1.807, 2.05) is 0 Å². The normalized spacial score (nSPS) is 20.5. The van der Waals surface area contributed by atoms with Crippen LogP contribution in [0, 0.1) is 34.8 Å². The Morgan fingerprint density at radius 3 is 2.50 bits per heavy atom. The Hall–Kier alpha value is -3.30. The summed E-state index contributed by atoms with van der Waals surface area (Å²) in [5.41, 5.74) is 2.50. The molecule has 0 aromatic heterocycles. The van der Waals surface area contributed by atoms with Crippen molar-refractivity contribution in [3.8, 4) is 17.6 Å². The van der Waals surface area contributed by atoms with Gasteiger partial charge in [0, 0.05) is 41.0 Å². The molecule has 2 aliphatic rings. The zero-order chi connectivity index (χ0) is 30.8. The highest BCUT2D eigenvalue weighted by atomic mass is 79.9. The van der Waals surface area contributed by atoms with Gasteiger partial charge in [-0.05, 0) is 72.3 Å². The Balaban J connectivity index is 1.74. The van der Waals surface area contributed by atoms with Crippen molar-refractivity contribution in [1.82, 2.24) is 0 Å². The number of benzene rings is 2. The molecule has 1 unspecified atom stereocenters. The maximum Gasteiger partial charge on any atom is 0.229 e. The number of sulfonamides is 1. The van der Waals surface area contributed by atoms with E-state index in [1.165, 1.54) is 0 Å². The van der Waals surface area contributed by atoms with Crippen LogP contribution in [0.3, 0.4) is 0 Å². The number of Topliss-reactive ketones (excluding diaryl/α,β-unsaturated/α-hetero) is 1. The van der Waals surface area contributed by atoms with Gasteiger partial charge in [-0.25, -0.2) is 17.2 Å². The van der Waals surface area contributed by atoms with Gasteiger partial charge < -0.3 is 9.47 Å². The number of allylic oxidation sites excluding steroid dienone is 2. The van der Waals surface area contributed by atoms with Gasteiger partial charge in [-0.15, -0.1) is 0 Å². The summed E-state index contributed by atoms with van der Waals surface area (Å²) >= 11 is 3.53. The first-order valence-corrected chi connectivity index (χ1v) is 16.3. The number of rotatable bonds is 10. The summed E-state index contributed by atoms with van der Waals surface area (Å²) < 4.78 is 66.1. The quantitative estimate of drug-likeness (QED) is 0.298. The summed E-state index contributed by atoms with van der Waals surface area (Å²) in [4.78, 5) is 18.2. The molecule has 2 aromatic rings. The third-order valence-electron chi connectivity index (χ3n) is 7.31. The van der Waals surface area contributed by atoms with Crippen LogP contribution < -0.4 is 14.2 Å². The van der Waals surface area contributed by atoms with Crippen LogP contribution in [0.1, 0.15) is 63.5 Å². The Morgan fingerprint density at radius 2 is 1.86 bits per heavy atom. The fourth-order valence-corrected chi connectivity index (χ4v) is 6.76. The standard InChI is InChI=1S/C30H32BrF2N3O5S/c1-5-7-17-8-25-29(26(37)9-17)28(20(14-34)16(3)35-25)18-10-21(31)30(27(12-18)40-6-2)41-15-19-11-22(32)23(33)13-24(19)36-42(4,38)39/h10-13,17,20,28,36H,5-9,15H2,1-4H3/t17-,20?,28+/m0/s1. The van der Waals surface area contributed by atoms with Crippen molar-refractivity contribution in [2.24, 2.45) is 16.8 Å². The largest absolute Gasteiger partial charge is 0.490 e. The first kappa shape index (κ1) is 31.6. The lowest BCUT2D eigenvalue weighted by atomic mass is 9.70. The maximum atomic E-state index is 14.1. The van der Waals surface area contributed by atoms with Crippen LogP contribution in [0.25, 0.3) is 0 Å². The van der Waals surface area contributed by atoms with Gasteiger partial charge >= 0.3 is 0 Å². The molecule has 1 heterocycles. The van der Waals surface area contributed by atoms with E-state index >= 15 is 0 Å². The number of ketones is 1. The monoisotopic (exact) mass is 663 g/mol. The maximum absolute atomic E-state index is 14.1. The van der Waals surface area contributed by atoms with Gasteiger partial charge in [0.1, 0.15) is 6.61 Å². The first-order chi connectivity index (χ1) is 19.9. The molecule has 8 nitrogen and oxygen atoms in total. The summed E-state index contributed by atoms with van der Waals surface area (Å²) in [7, 11) is -3.79. The van der Waals surface area contributed by atoms with E-state index in [4.69, 9.17) is 14.5 Å². The molecule has 0 saturated heterocycles. The third kappa shape index (κ3) is 6.84. The summed E-state index contributed by atoms with van der Waals surface area (Å²) in [5, 5.41) is 10.1. The van der Waals surface area contributed by atoms with Gasteiger partial charge in [-0.2, -0.15) is 5.26 Å². The van der Waals surface area contributed by atoms with Gasteiger partial charge in [0.05, 0.1) is 35.0 Å². The summed E-state index contributed by atoms with van der Waals surface area (Å²) in [5.74, 6) is -2.84. The van der Waals surface area contributed by atoms with Crippen molar-refractivity contribution in [2.45, 2.75) is 59.0 Å². The van der Waals surface area contributed by atoms with Crippen LogP contribution in [0.15, 0.2) is 45.0 Å². The first-order valence-electron chi connectivity index (χ1n) is 13.6. The number of nitrogens with one attached hydrogen (secondary N) is 1. The minimum absolute atomic E-state index is 0.00477. The van der Waals surface area contributed by atoms with Gasteiger partial charge in [0.15, 0.2) is 28.9 Å². The zero-order valence-electron chi connectivity index (χ0n) is 23.8. The van der Waals surface area contributed by atoms with E-state index in [-0.39, 0.29) is 41.9 Å². The minimum Gasteiger partial charge on any atom is -0.490 e. The number of nitriles is 1. The van der Waals surface area contributed by atoms with E-state index in [9.17, 15) is 27.3 Å². The molecule has 224 valence electrons. The fourth-order valence-electron chi connectivity index (χ4n) is 5.60. The van der Waals surface area contributed by atoms with E-state index < -0.39 is 33.5 Å². The second-order valence-corrected chi connectivity index (χ2v) is 13.1. The third-order valence-corrected chi connectivity index (χ3v) is 8.49. The number of aliphatic imine (C=N–C) groups is 1. The lowest BCUT2D eigenvalue weighted by Crippen LogP contribution is -2.32. The Labute approximate surface area is 253 Å². The van der Waals surface area contributed by atoms with Crippen LogP contribution in [0.4, 0.5) is 14.5 Å². The smallest absolute Gasteiger partial charge is 0.229 e. The van der Waals surface area contributed by atoms with Crippen LogP contribution in [-0.2, 0) is 21.4 Å². The van der Waals surface area contributed by atoms with Crippen molar-refractivity contribution in [2.75, 3.05) is 17.6 Å². The second-order valence-electron chi connectivity index (χ2n) is 10.5. The summed E-state index contributed by atoms with van der Waals surface area (Å²) in [6.07, 6.45) is 3.88. The summed E-state index contributed by atoms with van der Waals surface area (Å²) in [6.45, 7) is 5.61. The summed E-state index contributed by atoms with van der Waals surface area (Å²) in [6, 6.07) is 7.42. The van der Waals surface area contributed by atoms with Crippen molar-refractivity contribution in [1.29, 1.82) is 5.26 Å². The molecule has 12 heteroatoms. The Kier molecular flexibility index (Phi) is 9.73. The molecule has 3 atom stereocenters. The average molecular weight is 665 g/mol. The van der Waals surface area contributed by atoms with Crippen LogP contribution in [0.2, 0.25) is 0 Å². The molecule has 1 N–H and O–H groups in total. The van der Waals surface area contributed by atoms with Gasteiger partial charge in [0.2, 0.25) is 10.0 Å². The second kappa shape index (κ2) is 12.9. The minimum atomic E-state index is -3.79. The number of carbonyl (C=O) groups is 1. The number of hydrogen-bond acceptors (Lipinski definition) is 7. The highest BCUT2D eigenvalue weighted by molar-refractivity contribution is 9.10. The Bertz CT molecular complexity index is 1620. The van der Waals surface area contributed by atoms with Gasteiger partial charge in [0.25, 0.3) is 0 Å². The van der Waals surface area contributed by atoms with Crippen LogP contribution in [-0.4, -0.2) is 32.8 Å². The molecule has 0 radical (unpaired) electrons. The fraction of sp³-hybridized carbons (Fsp3) is 0.433. The molecule has 1 aliphatic carbocycles. The van der Waals surface area contributed by atoms with Crippen molar-refractivity contribution in [3.63, 3.8) is 0 Å². The molecule has 0 saturated carbocycles. The van der Waals surface area contributed by atoms with E-state index in [2.05, 4.69) is 33.6 Å².